The predicted molar refractivity (Wildman–Crippen MR) is 152 cm³/mol. The van der Waals surface area contributed by atoms with Crippen molar-refractivity contribution in [1.29, 1.82) is 0 Å². The Labute approximate surface area is 222 Å². The zero-order chi connectivity index (χ0) is 26.1. The summed E-state index contributed by atoms with van der Waals surface area (Å²) in [6.45, 7) is 2.66. The van der Waals surface area contributed by atoms with E-state index in [9.17, 15) is 9.59 Å². The molecule has 0 spiro atoms. The van der Waals surface area contributed by atoms with Gasteiger partial charge in [-0.15, -0.1) is 0 Å². The van der Waals surface area contributed by atoms with Gasteiger partial charge < -0.3 is 20.9 Å². The largest absolute Gasteiger partial charge is 0.367 e. The van der Waals surface area contributed by atoms with E-state index in [1.807, 2.05) is 77.7 Å². The highest BCUT2D eigenvalue weighted by molar-refractivity contribution is 6.10. The van der Waals surface area contributed by atoms with Gasteiger partial charge in [-0.2, -0.15) is 0 Å². The average Bonchev–Trinajstić information content (AvgIpc) is 3.27. The lowest BCUT2D eigenvalue weighted by Gasteiger charge is -2.24. The minimum atomic E-state index is -0.195. The third-order valence-electron chi connectivity index (χ3n) is 6.99. The van der Waals surface area contributed by atoms with E-state index in [2.05, 4.69) is 28.9 Å². The molecule has 1 unspecified atom stereocenters. The molecule has 2 aliphatic heterocycles. The Morgan fingerprint density at radius 2 is 1.47 bits per heavy atom. The lowest BCUT2D eigenvalue weighted by Crippen LogP contribution is -2.35. The van der Waals surface area contributed by atoms with Crippen molar-refractivity contribution in [2.24, 2.45) is 0 Å². The fourth-order valence-corrected chi connectivity index (χ4v) is 5.19. The number of carbonyl (C=O) groups excluding carboxylic acids is 2. The summed E-state index contributed by atoms with van der Waals surface area (Å²) < 4.78 is 0. The minimum Gasteiger partial charge on any atom is -0.367 e. The summed E-state index contributed by atoms with van der Waals surface area (Å²) in [5.74, 6) is -0.265. The normalized spacial score (nSPS) is 16.0. The molecule has 6 nitrogen and oxygen atoms in total. The first-order chi connectivity index (χ1) is 18.6. The second-order valence-corrected chi connectivity index (χ2v) is 9.53. The molecule has 0 aromatic heterocycles. The average molecular weight is 501 g/mol. The van der Waals surface area contributed by atoms with Gasteiger partial charge in [-0.3, -0.25) is 9.59 Å². The van der Waals surface area contributed by atoms with Gasteiger partial charge in [0.25, 0.3) is 11.8 Å². The Bertz CT molecular complexity index is 1540. The molecule has 1 atom stereocenters. The van der Waals surface area contributed by atoms with E-state index in [0.717, 1.165) is 40.2 Å². The number of para-hydroxylation sites is 1. The van der Waals surface area contributed by atoms with Crippen LogP contribution in [0.2, 0.25) is 0 Å². The minimum absolute atomic E-state index is 0.0704. The first-order valence-corrected chi connectivity index (χ1v) is 12.8. The van der Waals surface area contributed by atoms with Gasteiger partial charge in [-0.05, 0) is 54.4 Å². The number of carbonyl (C=O) groups is 2. The summed E-state index contributed by atoms with van der Waals surface area (Å²) >= 11 is 0. The number of fused-ring (bicyclic) bond motifs is 2. The van der Waals surface area contributed by atoms with Gasteiger partial charge >= 0.3 is 0 Å². The Balaban J connectivity index is 1.21. The van der Waals surface area contributed by atoms with E-state index < -0.39 is 0 Å². The number of benzene rings is 4. The molecule has 2 aliphatic rings. The van der Waals surface area contributed by atoms with Crippen molar-refractivity contribution < 1.29 is 9.59 Å². The number of nitrogens with one attached hydrogen (secondary N) is 3. The maximum absolute atomic E-state index is 13.6. The molecule has 4 aromatic rings. The molecule has 2 amide bonds. The SMILES string of the molecule is CC1NC2=C(N1)c1ccccc1N(C(=O)c1ccc(NC(=O)c3ccccc3-c3ccccc3)cc1)CC2. The Morgan fingerprint density at radius 1 is 0.789 bits per heavy atom. The molecular formula is C32H28N4O2. The Hall–Kier alpha value is -4.84. The van der Waals surface area contributed by atoms with Crippen molar-refractivity contribution >= 4 is 28.9 Å². The highest BCUT2D eigenvalue weighted by atomic mass is 16.2. The first kappa shape index (κ1) is 23.6. The summed E-state index contributed by atoms with van der Waals surface area (Å²) in [6.07, 6.45) is 0.903. The van der Waals surface area contributed by atoms with Gasteiger partial charge in [0.05, 0.1) is 17.6 Å². The van der Waals surface area contributed by atoms with E-state index in [-0.39, 0.29) is 18.0 Å². The molecule has 2 heterocycles. The fraction of sp³-hybridized carbons (Fsp3) is 0.125. The summed E-state index contributed by atoms with van der Waals surface area (Å²) in [5, 5.41) is 9.96. The van der Waals surface area contributed by atoms with Crippen molar-refractivity contribution in [1.82, 2.24) is 10.6 Å². The third-order valence-corrected chi connectivity index (χ3v) is 6.99. The summed E-state index contributed by atoms with van der Waals surface area (Å²) in [6, 6.07) is 32.5. The molecule has 0 radical (unpaired) electrons. The number of rotatable bonds is 4. The van der Waals surface area contributed by atoms with Crippen molar-refractivity contribution in [2.75, 3.05) is 16.8 Å². The second kappa shape index (κ2) is 9.90. The van der Waals surface area contributed by atoms with Gasteiger partial charge in [0, 0.05) is 41.0 Å². The standard InChI is InChI=1S/C32H28N4O2/c1-21-33-28-19-20-36(29-14-8-7-13-27(29)30(28)34-21)32(38)23-15-17-24(18-16-23)35-31(37)26-12-6-5-11-25(26)22-9-3-2-4-10-22/h2-18,21,33-34H,19-20H2,1H3,(H,35,37). The first-order valence-electron chi connectivity index (χ1n) is 12.8. The van der Waals surface area contributed by atoms with Crippen LogP contribution in [0.25, 0.3) is 16.8 Å². The molecule has 6 rings (SSSR count). The maximum Gasteiger partial charge on any atom is 0.258 e. The number of nitrogens with zero attached hydrogens (tertiary/aromatic N) is 1. The lowest BCUT2D eigenvalue weighted by atomic mass is 9.99. The number of amides is 2. The highest BCUT2D eigenvalue weighted by Gasteiger charge is 2.30. The van der Waals surface area contributed by atoms with Crippen molar-refractivity contribution in [2.45, 2.75) is 19.5 Å². The second-order valence-electron chi connectivity index (χ2n) is 9.53. The zero-order valence-electron chi connectivity index (χ0n) is 21.1. The van der Waals surface area contributed by atoms with Crippen LogP contribution in [-0.2, 0) is 0 Å². The van der Waals surface area contributed by atoms with E-state index in [1.165, 1.54) is 0 Å². The molecule has 0 saturated carbocycles. The zero-order valence-corrected chi connectivity index (χ0v) is 21.1. The quantitative estimate of drug-likeness (QED) is 0.328. The number of anilines is 2. The van der Waals surface area contributed by atoms with Gasteiger partial charge in [-0.1, -0.05) is 66.7 Å². The maximum atomic E-state index is 13.6. The fourth-order valence-electron chi connectivity index (χ4n) is 5.19. The topological polar surface area (TPSA) is 73.5 Å². The highest BCUT2D eigenvalue weighted by Crippen LogP contribution is 2.35. The van der Waals surface area contributed by atoms with Crippen molar-refractivity contribution in [3.05, 3.63) is 126 Å². The van der Waals surface area contributed by atoms with Crippen molar-refractivity contribution in [3.63, 3.8) is 0 Å². The molecule has 0 bridgehead atoms. The smallest absolute Gasteiger partial charge is 0.258 e. The van der Waals surface area contributed by atoms with E-state index in [1.54, 1.807) is 24.3 Å². The molecule has 0 saturated heterocycles. The van der Waals surface area contributed by atoms with Crippen LogP contribution in [0.4, 0.5) is 11.4 Å². The van der Waals surface area contributed by atoms with Crippen LogP contribution in [0, 0.1) is 0 Å². The van der Waals surface area contributed by atoms with Crippen LogP contribution in [0.5, 0.6) is 0 Å². The van der Waals surface area contributed by atoms with Gasteiger partial charge in [-0.25, -0.2) is 0 Å². The lowest BCUT2D eigenvalue weighted by molar-refractivity contribution is 0.0986. The molecule has 3 N–H and O–H groups in total. The van der Waals surface area contributed by atoms with Gasteiger partial charge in [0.1, 0.15) is 0 Å². The van der Waals surface area contributed by atoms with Crippen LogP contribution < -0.4 is 20.9 Å². The summed E-state index contributed by atoms with van der Waals surface area (Å²) in [4.78, 5) is 28.6. The van der Waals surface area contributed by atoms with Crippen LogP contribution in [0.15, 0.2) is 109 Å². The van der Waals surface area contributed by atoms with Crippen LogP contribution in [0.1, 0.15) is 39.6 Å². The monoisotopic (exact) mass is 500 g/mol. The van der Waals surface area contributed by atoms with Gasteiger partial charge in [0.2, 0.25) is 0 Å². The molecule has 38 heavy (non-hydrogen) atoms. The van der Waals surface area contributed by atoms with E-state index >= 15 is 0 Å². The predicted octanol–water partition coefficient (Wildman–Crippen LogP) is 5.86. The number of hydrogen-bond acceptors (Lipinski definition) is 4. The van der Waals surface area contributed by atoms with Crippen LogP contribution >= 0.6 is 0 Å². The Morgan fingerprint density at radius 3 is 2.26 bits per heavy atom. The summed E-state index contributed by atoms with van der Waals surface area (Å²) in [7, 11) is 0. The Kier molecular flexibility index (Phi) is 6.14. The van der Waals surface area contributed by atoms with E-state index in [4.69, 9.17) is 0 Å². The molecule has 188 valence electrons. The molecule has 4 aromatic carbocycles. The van der Waals surface area contributed by atoms with Crippen LogP contribution in [-0.4, -0.2) is 24.5 Å². The molecule has 6 heteroatoms. The molecule has 0 aliphatic carbocycles. The third kappa shape index (κ3) is 4.41. The van der Waals surface area contributed by atoms with Gasteiger partial charge in [0.15, 0.2) is 0 Å². The number of hydrogen-bond donors (Lipinski definition) is 3. The van der Waals surface area contributed by atoms with Crippen molar-refractivity contribution in [3.8, 4) is 11.1 Å². The van der Waals surface area contributed by atoms with Crippen LogP contribution in [0.3, 0.4) is 0 Å². The van der Waals surface area contributed by atoms with E-state index in [0.29, 0.717) is 23.4 Å². The molecular weight excluding hydrogens is 472 g/mol. The summed E-state index contributed by atoms with van der Waals surface area (Å²) in [5.41, 5.74) is 7.76. The molecule has 0 fully saturated rings.